The number of fused-ring (bicyclic) bond motifs is 2. The Hall–Kier alpha value is -2.57. The van der Waals surface area contributed by atoms with Gasteiger partial charge in [0.1, 0.15) is 11.3 Å². The van der Waals surface area contributed by atoms with Crippen LogP contribution in [0.2, 0.25) is 5.02 Å². The van der Waals surface area contributed by atoms with Gasteiger partial charge < -0.3 is 4.57 Å². The number of rotatable bonds is 4. The van der Waals surface area contributed by atoms with Gasteiger partial charge in [0.25, 0.3) is 0 Å². The molecule has 168 valence electrons. The molecule has 0 aliphatic carbocycles. The lowest BCUT2D eigenvalue weighted by atomic mass is 10.2. The van der Waals surface area contributed by atoms with Gasteiger partial charge in [-0.05, 0) is 24.6 Å². The number of aromatic nitrogens is 5. The molecule has 13 heteroatoms. The molecule has 0 radical (unpaired) electrons. The third-order valence-electron chi connectivity index (χ3n) is 5.51. The van der Waals surface area contributed by atoms with Crippen LogP contribution in [0.25, 0.3) is 21.9 Å². The van der Waals surface area contributed by atoms with E-state index in [4.69, 9.17) is 11.6 Å². The van der Waals surface area contributed by atoms with Crippen LogP contribution in [0.3, 0.4) is 0 Å². The van der Waals surface area contributed by atoms with Gasteiger partial charge >= 0.3 is 0 Å². The van der Waals surface area contributed by atoms with E-state index in [9.17, 15) is 21.2 Å². The fourth-order valence-electron chi connectivity index (χ4n) is 4.20. The number of nitrogens with zero attached hydrogens (tertiary/aromatic N) is 5. The smallest absolute Gasteiger partial charge is 0.195 e. The van der Waals surface area contributed by atoms with Gasteiger partial charge in [0.15, 0.2) is 30.5 Å². The topological polar surface area (TPSA) is 117 Å². The zero-order chi connectivity index (χ0) is 22.8. The number of pyridine rings is 1. The van der Waals surface area contributed by atoms with Crippen molar-refractivity contribution in [2.75, 3.05) is 17.8 Å². The average Bonchev–Trinajstić information content (AvgIpc) is 3.35. The van der Waals surface area contributed by atoms with Crippen molar-refractivity contribution in [1.82, 2.24) is 24.3 Å². The van der Waals surface area contributed by atoms with E-state index >= 15 is 0 Å². The lowest BCUT2D eigenvalue weighted by molar-refractivity contribution is 0.515. The van der Waals surface area contributed by atoms with Gasteiger partial charge in [-0.2, -0.15) is 5.10 Å². The Balaban J connectivity index is 1.72. The van der Waals surface area contributed by atoms with E-state index < -0.39 is 31.5 Å². The number of benzene rings is 1. The first-order valence-corrected chi connectivity index (χ1v) is 13.7. The van der Waals surface area contributed by atoms with Gasteiger partial charge in [0.2, 0.25) is 0 Å². The molecule has 3 aromatic heterocycles. The zero-order valence-corrected chi connectivity index (χ0v) is 19.1. The first-order chi connectivity index (χ1) is 15.0. The highest BCUT2D eigenvalue weighted by Crippen LogP contribution is 2.33. The van der Waals surface area contributed by atoms with E-state index in [2.05, 4.69) is 15.1 Å². The second kappa shape index (κ2) is 7.22. The number of sulfone groups is 2. The van der Waals surface area contributed by atoms with Crippen molar-refractivity contribution in [3.8, 4) is 0 Å². The highest BCUT2D eigenvalue weighted by Gasteiger charge is 2.33. The molecular weight excluding hydrogens is 481 g/mol. The molecule has 0 N–H and O–H groups in total. The standard InChI is InChI=1S/C19H17ClFN5O4S2/c1-31(27,28)19-13-2-4-22-8-16(13)25(24-19)9-17-23-15-7-11(20)6-14(21)18(15)26(17)12-3-5-32(29,30)10-12/h2,4,6-8,12H,3,5,9-10H2,1H3. The van der Waals surface area contributed by atoms with Crippen molar-refractivity contribution >= 4 is 53.2 Å². The van der Waals surface area contributed by atoms with E-state index in [1.165, 1.54) is 23.1 Å². The minimum atomic E-state index is -3.62. The van der Waals surface area contributed by atoms with Gasteiger partial charge in [-0.1, -0.05) is 11.6 Å². The summed E-state index contributed by atoms with van der Waals surface area (Å²) in [4.78, 5) is 8.57. The minimum absolute atomic E-state index is 0.00115. The Labute approximate surface area is 187 Å². The number of imidazole rings is 1. The summed E-state index contributed by atoms with van der Waals surface area (Å²) in [6.07, 6.45) is 4.34. The van der Waals surface area contributed by atoms with Crippen LogP contribution < -0.4 is 0 Å². The van der Waals surface area contributed by atoms with E-state index in [0.717, 1.165) is 12.3 Å². The lowest BCUT2D eigenvalue weighted by Crippen LogP contribution is -2.17. The maximum Gasteiger partial charge on any atom is 0.195 e. The molecule has 1 aliphatic heterocycles. The Kier molecular flexibility index (Phi) is 4.80. The molecule has 32 heavy (non-hydrogen) atoms. The molecule has 0 amide bonds. The first-order valence-electron chi connectivity index (χ1n) is 9.60. The molecule has 9 nitrogen and oxygen atoms in total. The molecule has 1 aliphatic rings. The largest absolute Gasteiger partial charge is 0.320 e. The maximum atomic E-state index is 14.9. The third kappa shape index (κ3) is 3.55. The van der Waals surface area contributed by atoms with E-state index in [1.807, 2.05) is 0 Å². The Bertz CT molecular complexity index is 1610. The van der Waals surface area contributed by atoms with Crippen molar-refractivity contribution in [3.05, 3.63) is 47.3 Å². The summed E-state index contributed by atoms with van der Waals surface area (Å²) < 4.78 is 66.6. The van der Waals surface area contributed by atoms with Crippen molar-refractivity contribution in [1.29, 1.82) is 0 Å². The summed E-state index contributed by atoms with van der Waals surface area (Å²) in [6, 6.07) is 3.71. The van der Waals surface area contributed by atoms with Crippen LogP contribution in [0, 0.1) is 5.82 Å². The van der Waals surface area contributed by atoms with Crippen LogP contribution in [-0.2, 0) is 26.2 Å². The second-order valence-electron chi connectivity index (χ2n) is 7.84. The molecule has 0 saturated carbocycles. The van der Waals surface area contributed by atoms with Crippen LogP contribution in [0.4, 0.5) is 4.39 Å². The molecule has 1 unspecified atom stereocenters. The fourth-order valence-corrected chi connectivity index (χ4v) is 6.92. The van der Waals surface area contributed by atoms with E-state index in [0.29, 0.717) is 23.1 Å². The summed E-state index contributed by atoms with van der Waals surface area (Å²) in [5.41, 5.74) is 0.903. The third-order valence-corrected chi connectivity index (χ3v) is 8.49. The van der Waals surface area contributed by atoms with Crippen LogP contribution in [0.1, 0.15) is 18.3 Å². The minimum Gasteiger partial charge on any atom is -0.320 e. The SMILES string of the molecule is CS(=O)(=O)c1nn(Cc2nc3cc(Cl)cc(F)c3n2C2CCS(=O)(=O)C2)c2cnccc12. The summed E-state index contributed by atoms with van der Waals surface area (Å²) in [7, 11) is -6.88. The summed E-state index contributed by atoms with van der Waals surface area (Å²) in [5.74, 6) is -0.404. The fraction of sp³-hybridized carbons (Fsp3) is 0.316. The molecule has 5 rings (SSSR count). The summed E-state index contributed by atoms with van der Waals surface area (Å²) in [6.45, 7) is -0.0139. The average molecular weight is 498 g/mol. The summed E-state index contributed by atoms with van der Waals surface area (Å²) >= 11 is 6.00. The van der Waals surface area contributed by atoms with Crippen LogP contribution in [-0.4, -0.2) is 58.9 Å². The number of halogens is 2. The van der Waals surface area contributed by atoms with Crippen LogP contribution >= 0.6 is 11.6 Å². The van der Waals surface area contributed by atoms with Gasteiger partial charge in [0.05, 0.1) is 41.3 Å². The normalized spacial score (nSPS) is 18.7. The molecule has 1 atom stereocenters. The zero-order valence-electron chi connectivity index (χ0n) is 16.7. The van der Waals surface area contributed by atoms with Crippen molar-refractivity contribution < 1.29 is 21.2 Å². The van der Waals surface area contributed by atoms with Crippen molar-refractivity contribution in [3.63, 3.8) is 0 Å². The monoisotopic (exact) mass is 497 g/mol. The van der Waals surface area contributed by atoms with E-state index in [1.54, 1.807) is 10.6 Å². The van der Waals surface area contributed by atoms with Gasteiger partial charge in [-0.25, -0.2) is 26.2 Å². The quantitative estimate of drug-likeness (QED) is 0.425. The van der Waals surface area contributed by atoms with Crippen LogP contribution in [0.15, 0.2) is 35.6 Å². The molecule has 0 spiro atoms. The second-order valence-corrected chi connectivity index (χ2v) is 12.4. The molecule has 0 bridgehead atoms. The molecular formula is C19H17ClFN5O4S2. The molecule has 4 heterocycles. The van der Waals surface area contributed by atoms with Gasteiger partial charge in [-0.3, -0.25) is 9.67 Å². The highest BCUT2D eigenvalue weighted by atomic mass is 35.5. The number of hydrogen-bond acceptors (Lipinski definition) is 7. The Morgan fingerprint density at radius 2 is 2.09 bits per heavy atom. The molecule has 1 aromatic carbocycles. The number of hydrogen-bond donors (Lipinski definition) is 0. The van der Waals surface area contributed by atoms with Crippen LogP contribution in [0.5, 0.6) is 0 Å². The summed E-state index contributed by atoms with van der Waals surface area (Å²) in [5, 5.41) is 4.73. The van der Waals surface area contributed by atoms with E-state index in [-0.39, 0.29) is 39.1 Å². The maximum absolute atomic E-state index is 14.9. The molecule has 1 fully saturated rings. The Morgan fingerprint density at radius 1 is 1.31 bits per heavy atom. The van der Waals surface area contributed by atoms with Crippen molar-refractivity contribution in [2.24, 2.45) is 0 Å². The lowest BCUT2D eigenvalue weighted by Gasteiger charge is -2.16. The molecule has 1 saturated heterocycles. The Morgan fingerprint density at radius 3 is 2.78 bits per heavy atom. The van der Waals surface area contributed by atoms with Gasteiger partial charge in [-0.15, -0.1) is 0 Å². The predicted molar refractivity (Wildman–Crippen MR) is 117 cm³/mol. The van der Waals surface area contributed by atoms with Gasteiger partial charge in [0, 0.05) is 22.9 Å². The van der Waals surface area contributed by atoms with Crippen molar-refractivity contribution in [2.45, 2.75) is 24.0 Å². The molecule has 4 aromatic rings. The highest BCUT2D eigenvalue weighted by molar-refractivity contribution is 7.91. The first kappa shape index (κ1) is 21.3. The predicted octanol–water partition coefficient (Wildman–Crippen LogP) is 2.38.